The summed E-state index contributed by atoms with van der Waals surface area (Å²) in [5.74, 6) is 0. The molecule has 1 nitrogen and oxygen atoms in total. The normalized spacial score (nSPS) is 15.4. The van der Waals surface area contributed by atoms with Gasteiger partial charge in [0.1, 0.15) is 0 Å². The summed E-state index contributed by atoms with van der Waals surface area (Å²) in [5.41, 5.74) is 16.8. The monoisotopic (exact) mass is 681 g/mol. The fraction of sp³-hybridized carbons (Fsp3) is 0.115. The molecule has 3 aliphatic carbocycles. The Bertz CT molecular complexity index is 2480. The molecule has 0 amide bonds. The molecule has 0 heterocycles. The topological polar surface area (TPSA) is 3.24 Å². The van der Waals surface area contributed by atoms with Crippen molar-refractivity contribution in [2.75, 3.05) is 4.90 Å². The highest BCUT2D eigenvalue weighted by Gasteiger charge is 2.22. The van der Waals surface area contributed by atoms with Crippen molar-refractivity contribution in [3.8, 4) is 33.4 Å². The molecule has 9 rings (SSSR count). The van der Waals surface area contributed by atoms with E-state index in [0.29, 0.717) is 0 Å². The van der Waals surface area contributed by atoms with Gasteiger partial charge in [0.25, 0.3) is 0 Å². The molecule has 1 heteroatoms. The zero-order valence-electron chi connectivity index (χ0n) is 30.1. The summed E-state index contributed by atoms with van der Waals surface area (Å²) in [5, 5.41) is 2.53. The third-order valence-corrected chi connectivity index (χ3v) is 11.0. The van der Waals surface area contributed by atoms with Gasteiger partial charge in [0.2, 0.25) is 0 Å². The molecule has 0 aliphatic heterocycles. The van der Waals surface area contributed by atoms with Crippen LogP contribution < -0.4 is 4.90 Å². The van der Waals surface area contributed by atoms with Crippen LogP contribution in [0.1, 0.15) is 44.1 Å². The minimum Gasteiger partial charge on any atom is -0.314 e. The first-order valence-corrected chi connectivity index (χ1v) is 19.1. The Morgan fingerprint density at radius 3 is 1.72 bits per heavy atom. The van der Waals surface area contributed by atoms with Crippen molar-refractivity contribution >= 4 is 27.7 Å². The lowest BCUT2D eigenvalue weighted by molar-refractivity contribution is 0.850. The van der Waals surface area contributed by atoms with Crippen LogP contribution >= 0.6 is 0 Å². The molecule has 0 bridgehead atoms. The summed E-state index contributed by atoms with van der Waals surface area (Å²) >= 11 is 0. The van der Waals surface area contributed by atoms with Gasteiger partial charge in [-0.2, -0.15) is 0 Å². The summed E-state index contributed by atoms with van der Waals surface area (Å²) in [6.45, 7) is 0. The summed E-state index contributed by atoms with van der Waals surface area (Å²) in [4.78, 5) is 2.50. The second-order valence-corrected chi connectivity index (χ2v) is 14.3. The maximum atomic E-state index is 2.50. The van der Waals surface area contributed by atoms with E-state index in [4.69, 9.17) is 0 Å². The van der Waals surface area contributed by atoms with Gasteiger partial charge < -0.3 is 4.90 Å². The number of hydrogen-bond acceptors (Lipinski definition) is 1. The highest BCUT2D eigenvalue weighted by atomic mass is 15.1. The molecule has 6 aromatic rings. The van der Waals surface area contributed by atoms with Crippen molar-refractivity contribution in [2.45, 2.75) is 38.5 Å². The van der Waals surface area contributed by atoms with E-state index in [1.54, 1.807) is 0 Å². The van der Waals surface area contributed by atoms with Crippen LogP contribution in [0.15, 0.2) is 205 Å². The maximum absolute atomic E-state index is 2.50. The summed E-state index contributed by atoms with van der Waals surface area (Å²) in [7, 11) is 0. The fourth-order valence-corrected chi connectivity index (χ4v) is 8.19. The van der Waals surface area contributed by atoms with E-state index in [-0.39, 0.29) is 0 Å². The van der Waals surface area contributed by atoms with Crippen LogP contribution in [-0.2, 0) is 0 Å². The molecular weight excluding hydrogens is 639 g/mol. The molecule has 0 N–H and O–H groups in total. The summed E-state index contributed by atoms with van der Waals surface area (Å²) in [6, 6.07) is 51.4. The van der Waals surface area contributed by atoms with E-state index < -0.39 is 0 Å². The molecule has 3 aliphatic rings. The molecule has 0 spiro atoms. The van der Waals surface area contributed by atoms with E-state index >= 15 is 0 Å². The van der Waals surface area contributed by atoms with Gasteiger partial charge in [-0.05, 0) is 141 Å². The molecule has 6 aromatic carbocycles. The molecule has 0 fully saturated rings. The summed E-state index contributed by atoms with van der Waals surface area (Å²) < 4.78 is 0. The van der Waals surface area contributed by atoms with Crippen molar-refractivity contribution in [1.82, 2.24) is 0 Å². The second kappa shape index (κ2) is 14.8. The molecule has 0 radical (unpaired) electrons. The number of hydrogen-bond donors (Lipinski definition) is 0. The Morgan fingerprint density at radius 2 is 0.981 bits per heavy atom. The van der Waals surface area contributed by atoms with Gasteiger partial charge in [-0.25, -0.2) is 0 Å². The molecule has 0 unspecified atom stereocenters. The van der Waals surface area contributed by atoms with Crippen LogP contribution in [-0.4, -0.2) is 0 Å². The van der Waals surface area contributed by atoms with Crippen molar-refractivity contribution in [3.63, 3.8) is 0 Å². The van der Waals surface area contributed by atoms with Crippen LogP contribution in [0.4, 0.5) is 11.4 Å². The van der Waals surface area contributed by atoms with E-state index in [0.717, 1.165) is 38.5 Å². The zero-order chi connectivity index (χ0) is 35.4. The smallest absolute Gasteiger partial charge is 0.0464 e. The van der Waals surface area contributed by atoms with Gasteiger partial charge in [-0.1, -0.05) is 152 Å². The average Bonchev–Trinajstić information content (AvgIpc) is 3.25. The SMILES string of the molecule is C1=CCCC(C2=CC=C(N(c3ccc(-c4ccccc4)cc3)c3ccc(-c4ccccc4-c4ccc5ccccc5c4)c(C4=CC=CCC4)c3)CC2)=C1. The largest absolute Gasteiger partial charge is 0.314 e. The van der Waals surface area contributed by atoms with E-state index in [1.165, 1.54) is 83.5 Å². The van der Waals surface area contributed by atoms with Gasteiger partial charge in [0.05, 0.1) is 0 Å². The minimum atomic E-state index is 0.987. The van der Waals surface area contributed by atoms with Gasteiger partial charge in [0, 0.05) is 17.1 Å². The Hall–Kier alpha value is -6.18. The highest BCUT2D eigenvalue weighted by molar-refractivity contribution is 5.95. The number of rotatable bonds is 8. The number of benzene rings is 6. The highest BCUT2D eigenvalue weighted by Crippen LogP contribution is 2.43. The van der Waals surface area contributed by atoms with Crippen LogP contribution in [0.5, 0.6) is 0 Å². The average molecular weight is 682 g/mol. The van der Waals surface area contributed by atoms with Crippen molar-refractivity contribution in [3.05, 3.63) is 211 Å². The molecule has 53 heavy (non-hydrogen) atoms. The first-order valence-electron chi connectivity index (χ1n) is 19.1. The third kappa shape index (κ3) is 6.79. The quantitative estimate of drug-likeness (QED) is 0.155. The predicted octanol–water partition coefficient (Wildman–Crippen LogP) is 14.6. The molecule has 0 aromatic heterocycles. The van der Waals surface area contributed by atoms with Crippen LogP contribution in [0.3, 0.4) is 0 Å². The number of allylic oxidation sites excluding steroid dienone is 12. The van der Waals surface area contributed by atoms with Gasteiger partial charge in [0.15, 0.2) is 0 Å². The van der Waals surface area contributed by atoms with E-state index in [9.17, 15) is 0 Å². The zero-order valence-corrected chi connectivity index (χ0v) is 30.1. The van der Waals surface area contributed by atoms with Gasteiger partial charge in [-0.3, -0.25) is 0 Å². The van der Waals surface area contributed by atoms with Crippen LogP contribution in [0, 0.1) is 0 Å². The molecule has 0 atom stereocenters. The molecule has 256 valence electrons. The van der Waals surface area contributed by atoms with Crippen molar-refractivity contribution in [1.29, 1.82) is 0 Å². The molecule has 0 saturated heterocycles. The van der Waals surface area contributed by atoms with E-state index in [1.807, 2.05) is 0 Å². The standard InChI is InChI=1S/C52H43N/c1-4-14-38(15-5-1)41-26-30-46(31-27-41)53(47-32-28-42(29-33-47)39-16-6-2-7-17-39)48-34-35-51(52(37-48)43-19-8-3-9-20-43)50-23-13-12-22-49(50)45-25-24-40-18-10-11-21-44(40)36-45/h1-6,8,10-16,18-19,21-28,30-32,34-37H,7,9,17,20,29,33H2. The Morgan fingerprint density at radius 1 is 0.358 bits per heavy atom. The van der Waals surface area contributed by atoms with Gasteiger partial charge >= 0.3 is 0 Å². The number of fused-ring (bicyclic) bond motifs is 1. The first kappa shape index (κ1) is 32.7. The molecule has 0 saturated carbocycles. The minimum absolute atomic E-state index is 0.987. The lowest BCUT2D eigenvalue weighted by atomic mass is 9.86. The van der Waals surface area contributed by atoms with Crippen LogP contribution in [0.25, 0.3) is 49.7 Å². The Labute approximate surface area is 314 Å². The lowest BCUT2D eigenvalue weighted by Crippen LogP contribution is -2.18. The second-order valence-electron chi connectivity index (χ2n) is 14.3. The maximum Gasteiger partial charge on any atom is 0.0464 e. The Kier molecular flexibility index (Phi) is 9.14. The van der Waals surface area contributed by atoms with Crippen molar-refractivity contribution in [2.24, 2.45) is 0 Å². The lowest BCUT2D eigenvalue weighted by Gasteiger charge is -2.31. The summed E-state index contributed by atoms with van der Waals surface area (Å²) in [6.07, 6.45) is 24.7. The first-order chi connectivity index (χ1) is 26.3. The number of anilines is 2. The van der Waals surface area contributed by atoms with Crippen LogP contribution in [0.2, 0.25) is 0 Å². The fourth-order valence-electron chi connectivity index (χ4n) is 8.19. The van der Waals surface area contributed by atoms with Crippen molar-refractivity contribution < 1.29 is 0 Å². The van der Waals surface area contributed by atoms with E-state index in [2.05, 4.69) is 193 Å². The molecular formula is C52H43N. The van der Waals surface area contributed by atoms with Gasteiger partial charge in [-0.15, -0.1) is 0 Å². The Balaban J connectivity index is 1.18. The predicted molar refractivity (Wildman–Crippen MR) is 227 cm³/mol. The number of nitrogens with zero attached hydrogens (tertiary/aromatic N) is 1. The third-order valence-electron chi connectivity index (χ3n) is 11.0.